The van der Waals surface area contributed by atoms with Crippen molar-refractivity contribution < 1.29 is 27.5 Å². The number of carbonyl (C=O) groups excluding carboxylic acids is 3. The summed E-state index contributed by atoms with van der Waals surface area (Å²) in [7, 11) is -2.51. The normalized spacial score (nSPS) is 10.9. The van der Waals surface area contributed by atoms with E-state index in [2.05, 4.69) is 5.32 Å². The van der Waals surface area contributed by atoms with E-state index in [1.807, 2.05) is 4.72 Å². The molecule has 10 heteroatoms. The summed E-state index contributed by atoms with van der Waals surface area (Å²) in [5.41, 5.74) is 0.643. The van der Waals surface area contributed by atoms with Gasteiger partial charge in [0.15, 0.2) is 5.78 Å². The van der Waals surface area contributed by atoms with E-state index < -0.39 is 21.8 Å². The number of anilines is 1. The number of sulfonamides is 1. The van der Waals surface area contributed by atoms with Crippen LogP contribution in [-0.2, 0) is 19.6 Å². The first-order valence-corrected chi connectivity index (χ1v) is 10.3. The van der Waals surface area contributed by atoms with Gasteiger partial charge in [-0.15, -0.1) is 0 Å². The van der Waals surface area contributed by atoms with Crippen LogP contribution in [-0.4, -0.2) is 33.1 Å². The van der Waals surface area contributed by atoms with Gasteiger partial charge in [-0.25, -0.2) is 13.1 Å². The van der Waals surface area contributed by atoms with Crippen LogP contribution >= 0.6 is 11.6 Å². The quantitative estimate of drug-likeness (QED) is 0.612. The molecule has 0 saturated carbocycles. The number of hydrogen-bond acceptors (Lipinski definition) is 6. The lowest BCUT2D eigenvalue weighted by atomic mass is 10.1. The molecule has 154 valence electrons. The Morgan fingerprint density at radius 1 is 1.03 bits per heavy atom. The third kappa shape index (κ3) is 6.30. The highest BCUT2D eigenvalue weighted by atomic mass is 35.5. The molecule has 2 amide bonds. The second-order valence-corrected chi connectivity index (χ2v) is 8.12. The molecule has 8 nitrogen and oxygen atoms in total. The van der Waals surface area contributed by atoms with Crippen LogP contribution in [0.15, 0.2) is 47.4 Å². The molecule has 0 aliphatic rings. The number of Topliss-reactive ketones (excluding diaryl/α,β-unsaturated/α-hetero) is 1. The lowest BCUT2D eigenvalue weighted by Crippen LogP contribution is -2.28. The third-order valence-electron chi connectivity index (χ3n) is 3.77. The number of carbonyl (C=O) groups is 3. The highest BCUT2D eigenvalue weighted by molar-refractivity contribution is 7.90. The van der Waals surface area contributed by atoms with E-state index in [0.29, 0.717) is 22.0 Å². The summed E-state index contributed by atoms with van der Waals surface area (Å²) in [5, 5.41) is 2.96. The van der Waals surface area contributed by atoms with Gasteiger partial charge in [0, 0.05) is 30.5 Å². The zero-order chi connectivity index (χ0) is 21.6. The molecule has 0 radical (unpaired) electrons. The van der Waals surface area contributed by atoms with Gasteiger partial charge >= 0.3 is 0 Å². The van der Waals surface area contributed by atoms with Crippen molar-refractivity contribution in [1.82, 2.24) is 4.72 Å². The first-order valence-electron chi connectivity index (χ1n) is 8.42. The molecule has 0 aliphatic carbocycles. The monoisotopic (exact) mass is 438 g/mol. The van der Waals surface area contributed by atoms with E-state index in [4.69, 9.17) is 16.3 Å². The van der Waals surface area contributed by atoms with Crippen molar-refractivity contribution in [2.24, 2.45) is 0 Å². The largest absolute Gasteiger partial charge is 0.496 e. The van der Waals surface area contributed by atoms with E-state index in [1.54, 1.807) is 12.1 Å². The molecule has 0 aromatic heterocycles. The Morgan fingerprint density at radius 3 is 2.28 bits per heavy atom. The standard InChI is InChI=1S/C19H19ClN2O6S/c1-12(23)22-29(26,27)15-6-4-14(5-7-15)21-19(25)10-8-17(24)16-11-13(20)3-9-18(16)28-2/h3-7,9,11H,8,10H2,1-2H3,(H,21,25)(H,22,23). The predicted molar refractivity (Wildman–Crippen MR) is 108 cm³/mol. The number of ketones is 1. The smallest absolute Gasteiger partial charge is 0.264 e. The predicted octanol–water partition coefficient (Wildman–Crippen LogP) is 2.78. The summed E-state index contributed by atoms with van der Waals surface area (Å²) >= 11 is 5.91. The molecule has 0 bridgehead atoms. The molecule has 2 aromatic rings. The minimum absolute atomic E-state index is 0.0580. The van der Waals surface area contributed by atoms with Crippen molar-refractivity contribution in [2.45, 2.75) is 24.7 Å². The zero-order valence-corrected chi connectivity index (χ0v) is 17.3. The second-order valence-electron chi connectivity index (χ2n) is 6.00. The summed E-state index contributed by atoms with van der Waals surface area (Å²) in [5.74, 6) is -1.05. The molecule has 2 aromatic carbocycles. The molecular weight excluding hydrogens is 420 g/mol. The molecule has 0 saturated heterocycles. The van der Waals surface area contributed by atoms with Crippen molar-refractivity contribution >= 4 is 44.9 Å². The molecular formula is C19H19ClN2O6S. The number of methoxy groups -OCH3 is 1. The van der Waals surface area contributed by atoms with Crippen LogP contribution in [0.1, 0.15) is 30.1 Å². The van der Waals surface area contributed by atoms with Crippen molar-refractivity contribution in [2.75, 3.05) is 12.4 Å². The minimum Gasteiger partial charge on any atom is -0.496 e. The summed E-state index contributed by atoms with van der Waals surface area (Å²) in [6.07, 6.45) is -0.141. The lowest BCUT2D eigenvalue weighted by Gasteiger charge is -2.09. The molecule has 0 aliphatic heterocycles. The summed E-state index contributed by atoms with van der Waals surface area (Å²) < 4.78 is 30.8. The summed E-state index contributed by atoms with van der Waals surface area (Å²) in [4.78, 5) is 35.3. The fourth-order valence-electron chi connectivity index (χ4n) is 2.45. The van der Waals surface area contributed by atoms with Crippen LogP contribution in [0, 0.1) is 0 Å². The van der Waals surface area contributed by atoms with E-state index in [0.717, 1.165) is 6.92 Å². The molecule has 29 heavy (non-hydrogen) atoms. The van der Waals surface area contributed by atoms with Crippen LogP contribution in [0.4, 0.5) is 5.69 Å². The average Bonchev–Trinajstić information content (AvgIpc) is 2.65. The maximum Gasteiger partial charge on any atom is 0.264 e. The number of ether oxygens (including phenoxy) is 1. The van der Waals surface area contributed by atoms with Crippen LogP contribution in [0.5, 0.6) is 5.75 Å². The number of amides is 2. The van der Waals surface area contributed by atoms with Crippen LogP contribution in [0.2, 0.25) is 5.02 Å². The Balaban J connectivity index is 1.97. The molecule has 2 N–H and O–H groups in total. The average molecular weight is 439 g/mol. The van der Waals surface area contributed by atoms with Gasteiger partial charge in [0.1, 0.15) is 5.75 Å². The molecule has 0 fully saturated rings. The summed E-state index contributed by atoms with van der Waals surface area (Å²) in [6.45, 7) is 1.09. The highest BCUT2D eigenvalue weighted by Crippen LogP contribution is 2.24. The molecule has 0 heterocycles. The fraction of sp³-hybridized carbons (Fsp3) is 0.211. The number of nitrogens with one attached hydrogen (secondary N) is 2. The Kier molecular flexibility index (Phi) is 7.35. The van der Waals surface area contributed by atoms with Crippen LogP contribution in [0.3, 0.4) is 0 Å². The van der Waals surface area contributed by atoms with Crippen molar-refractivity contribution in [1.29, 1.82) is 0 Å². The van der Waals surface area contributed by atoms with Gasteiger partial charge < -0.3 is 10.1 Å². The third-order valence-corrected chi connectivity index (χ3v) is 5.45. The van der Waals surface area contributed by atoms with E-state index >= 15 is 0 Å². The Bertz CT molecular complexity index is 1040. The van der Waals surface area contributed by atoms with Gasteiger partial charge in [0.2, 0.25) is 11.8 Å². The van der Waals surface area contributed by atoms with Gasteiger partial charge in [-0.3, -0.25) is 14.4 Å². The topological polar surface area (TPSA) is 119 Å². The number of halogens is 1. The maximum absolute atomic E-state index is 12.4. The van der Waals surface area contributed by atoms with Crippen molar-refractivity contribution in [3.63, 3.8) is 0 Å². The Hall–Kier alpha value is -2.91. The summed E-state index contributed by atoms with van der Waals surface area (Å²) in [6, 6.07) is 9.93. The maximum atomic E-state index is 12.4. The second kappa shape index (κ2) is 9.53. The van der Waals surface area contributed by atoms with Gasteiger partial charge in [-0.05, 0) is 42.5 Å². The Morgan fingerprint density at radius 2 is 1.69 bits per heavy atom. The number of hydrogen-bond donors (Lipinski definition) is 2. The molecule has 0 spiro atoms. The van der Waals surface area contributed by atoms with Crippen molar-refractivity contribution in [3.05, 3.63) is 53.1 Å². The number of benzene rings is 2. The Labute approximate surface area is 173 Å². The van der Waals surface area contributed by atoms with Crippen molar-refractivity contribution in [3.8, 4) is 5.75 Å². The molecule has 0 unspecified atom stereocenters. The van der Waals surface area contributed by atoms with Crippen LogP contribution < -0.4 is 14.8 Å². The molecule has 0 atom stereocenters. The highest BCUT2D eigenvalue weighted by Gasteiger charge is 2.17. The lowest BCUT2D eigenvalue weighted by molar-refractivity contribution is -0.117. The first kappa shape index (κ1) is 22.4. The fourth-order valence-corrected chi connectivity index (χ4v) is 3.61. The van der Waals surface area contributed by atoms with Gasteiger partial charge in [-0.1, -0.05) is 11.6 Å². The minimum atomic E-state index is -3.95. The van der Waals surface area contributed by atoms with E-state index in [9.17, 15) is 22.8 Å². The van der Waals surface area contributed by atoms with Crippen LogP contribution in [0.25, 0.3) is 0 Å². The number of rotatable bonds is 8. The van der Waals surface area contributed by atoms with E-state index in [-0.39, 0.29) is 23.5 Å². The molecule has 2 rings (SSSR count). The zero-order valence-electron chi connectivity index (χ0n) is 15.7. The van der Waals surface area contributed by atoms with Gasteiger partial charge in [0.05, 0.1) is 17.6 Å². The van der Waals surface area contributed by atoms with Gasteiger partial charge in [-0.2, -0.15) is 0 Å². The van der Waals surface area contributed by atoms with Gasteiger partial charge in [0.25, 0.3) is 10.0 Å². The SMILES string of the molecule is COc1ccc(Cl)cc1C(=O)CCC(=O)Nc1ccc(S(=O)(=O)NC(C)=O)cc1. The first-order chi connectivity index (χ1) is 13.6. The van der Waals surface area contributed by atoms with E-state index in [1.165, 1.54) is 37.4 Å².